The lowest BCUT2D eigenvalue weighted by molar-refractivity contribution is 0.209. The summed E-state index contributed by atoms with van der Waals surface area (Å²) in [5.41, 5.74) is 2.64. The maximum absolute atomic E-state index is 12.5. The fourth-order valence-corrected chi connectivity index (χ4v) is 2.22. The van der Waals surface area contributed by atoms with Gasteiger partial charge < -0.3 is 4.90 Å². The predicted octanol–water partition coefficient (Wildman–Crippen LogP) is 3.04. The van der Waals surface area contributed by atoms with Crippen LogP contribution in [0.3, 0.4) is 0 Å². The molecular formula is C17H19N5O. The highest BCUT2D eigenvalue weighted by Crippen LogP contribution is 2.11. The third kappa shape index (κ3) is 5.08. The molecular weight excluding hydrogens is 290 g/mol. The van der Waals surface area contributed by atoms with Gasteiger partial charge >= 0.3 is 6.03 Å². The number of hydrogen-bond donors (Lipinski definition) is 1. The van der Waals surface area contributed by atoms with E-state index in [0.717, 1.165) is 17.0 Å². The van der Waals surface area contributed by atoms with E-state index in [1.807, 2.05) is 44.2 Å². The fourth-order valence-electron chi connectivity index (χ4n) is 2.22. The highest BCUT2D eigenvalue weighted by Gasteiger charge is 2.15. The summed E-state index contributed by atoms with van der Waals surface area (Å²) in [5.74, 6) is 0.510. The molecule has 0 unspecified atom stereocenters. The molecule has 2 amide bonds. The van der Waals surface area contributed by atoms with Crippen molar-refractivity contribution in [2.75, 3.05) is 11.9 Å². The minimum absolute atomic E-state index is 0.264. The van der Waals surface area contributed by atoms with Gasteiger partial charge in [-0.05, 0) is 43.7 Å². The summed E-state index contributed by atoms with van der Waals surface area (Å²) in [4.78, 5) is 22.6. The second-order valence-corrected chi connectivity index (χ2v) is 5.25. The maximum Gasteiger partial charge on any atom is 0.323 e. The van der Waals surface area contributed by atoms with Crippen molar-refractivity contribution in [2.24, 2.45) is 0 Å². The summed E-state index contributed by atoms with van der Waals surface area (Å²) in [6.45, 7) is 4.51. The molecule has 2 heterocycles. The molecule has 0 saturated carbocycles. The second kappa shape index (κ2) is 7.90. The number of pyridine rings is 2. The van der Waals surface area contributed by atoms with Crippen LogP contribution in [0.5, 0.6) is 0 Å². The lowest BCUT2D eigenvalue weighted by Gasteiger charge is -2.21. The summed E-state index contributed by atoms with van der Waals surface area (Å²) < 4.78 is 0. The zero-order valence-electron chi connectivity index (χ0n) is 13.3. The minimum atomic E-state index is -0.289. The highest BCUT2D eigenvalue weighted by atomic mass is 16.2. The van der Waals surface area contributed by atoms with Crippen LogP contribution < -0.4 is 5.32 Å². The van der Waals surface area contributed by atoms with Crippen molar-refractivity contribution in [2.45, 2.75) is 26.8 Å². The molecule has 6 heteroatoms. The number of carbonyl (C=O) groups excluding carboxylic acids is 1. The molecule has 0 aromatic carbocycles. The number of nitriles is 1. The third-order valence-electron chi connectivity index (χ3n) is 3.19. The molecule has 0 spiro atoms. The lowest BCUT2D eigenvalue weighted by Crippen LogP contribution is -2.35. The van der Waals surface area contributed by atoms with E-state index in [4.69, 9.17) is 5.26 Å². The van der Waals surface area contributed by atoms with Gasteiger partial charge in [-0.3, -0.25) is 10.3 Å². The van der Waals surface area contributed by atoms with E-state index in [-0.39, 0.29) is 12.5 Å². The Morgan fingerprint density at radius 2 is 2.17 bits per heavy atom. The Hall–Kier alpha value is -2.94. The van der Waals surface area contributed by atoms with E-state index in [0.29, 0.717) is 18.9 Å². The molecule has 0 atom stereocenters. The van der Waals surface area contributed by atoms with Crippen molar-refractivity contribution in [1.82, 2.24) is 14.9 Å². The molecule has 2 aromatic heterocycles. The summed E-state index contributed by atoms with van der Waals surface area (Å²) in [5, 5.41) is 11.6. The highest BCUT2D eigenvalue weighted by molar-refractivity contribution is 5.88. The van der Waals surface area contributed by atoms with E-state index < -0.39 is 0 Å². The monoisotopic (exact) mass is 309 g/mol. The van der Waals surface area contributed by atoms with Crippen LogP contribution in [-0.2, 0) is 6.54 Å². The van der Waals surface area contributed by atoms with Gasteiger partial charge in [0.15, 0.2) is 0 Å². The fraction of sp³-hybridized carbons (Fsp3) is 0.294. The third-order valence-corrected chi connectivity index (χ3v) is 3.19. The molecule has 2 rings (SSSR count). The first kappa shape index (κ1) is 16.4. The molecule has 1 N–H and O–H groups in total. The maximum atomic E-state index is 12.5. The van der Waals surface area contributed by atoms with E-state index in [9.17, 15) is 4.79 Å². The molecule has 0 bridgehead atoms. The molecule has 0 fully saturated rings. The molecule has 0 saturated heterocycles. The Balaban J connectivity index is 2.11. The molecule has 2 aromatic rings. The molecule has 0 radical (unpaired) electrons. The molecule has 0 aliphatic heterocycles. The van der Waals surface area contributed by atoms with Gasteiger partial charge in [0.2, 0.25) is 0 Å². The summed E-state index contributed by atoms with van der Waals surface area (Å²) >= 11 is 0. The molecule has 118 valence electrons. The number of urea groups is 1. The predicted molar refractivity (Wildman–Crippen MR) is 87.6 cm³/mol. The van der Waals surface area contributed by atoms with Gasteiger partial charge in [-0.25, -0.2) is 9.78 Å². The van der Waals surface area contributed by atoms with E-state index >= 15 is 0 Å². The summed E-state index contributed by atoms with van der Waals surface area (Å²) in [6, 6.07) is 11.1. The average Bonchev–Trinajstić information content (AvgIpc) is 2.51. The largest absolute Gasteiger partial charge is 0.323 e. The second-order valence-electron chi connectivity index (χ2n) is 5.25. The van der Waals surface area contributed by atoms with Crippen molar-refractivity contribution >= 4 is 11.8 Å². The van der Waals surface area contributed by atoms with Gasteiger partial charge in [-0.15, -0.1) is 0 Å². The van der Waals surface area contributed by atoms with Crippen molar-refractivity contribution in [1.29, 1.82) is 5.26 Å². The van der Waals surface area contributed by atoms with Crippen molar-refractivity contribution < 1.29 is 4.79 Å². The van der Waals surface area contributed by atoms with Gasteiger partial charge in [-0.2, -0.15) is 5.26 Å². The van der Waals surface area contributed by atoms with Gasteiger partial charge in [0.05, 0.1) is 24.7 Å². The van der Waals surface area contributed by atoms with Crippen LogP contribution in [0.15, 0.2) is 36.5 Å². The summed E-state index contributed by atoms with van der Waals surface area (Å²) in [6.07, 6.45) is 1.95. The van der Waals surface area contributed by atoms with Crippen LogP contribution in [0.25, 0.3) is 0 Å². The summed E-state index contributed by atoms with van der Waals surface area (Å²) in [7, 11) is 0. The van der Waals surface area contributed by atoms with Crippen LogP contribution >= 0.6 is 0 Å². The number of carbonyl (C=O) groups is 1. The van der Waals surface area contributed by atoms with E-state index in [1.165, 1.54) is 0 Å². The molecule has 6 nitrogen and oxygen atoms in total. The number of anilines is 1. The number of aromatic nitrogens is 2. The average molecular weight is 309 g/mol. The lowest BCUT2D eigenvalue weighted by atomic mass is 10.2. The Morgan fingerprint density at radius 3 is 2.83 bits per heavy atom. The Kier molecular flexibility index (Phi) is 5.64. The Labute approximate surface area is 135 Å². The minimum Gasteiger partial charge on any atom is -0.318 e. The Morgan fingerprint density at radius 1 is 1.35 bits per heavy atom. The molecule has 23 heavy (non-hydrogen) atoms. The smallest absolute Gasteiger partial charge is 0.318 e. The van der Waals surface area contributed by atoms with Crippen LogP contribution in [0.4, 0.5) is 10.6 Å². The van der Waals surface area contributed by atoms with Crippen molar-refractivity contribution in [3.05, 3.63) is 53.5 Å². The van der Waals surface area contributed by atoms with Gasteiger partial charge in [-0.1, -0.05) is 6.07 Å². The SMILES string of the molecule is Cc1cc(C)nc(NC(=O)N(CCC#N)Cc2ccccn2)c1. The van der Waals surface area contributed by atoms with Crippen molar-refractivity contribution in [3.63, 3.8) is 0 Å². The number of hydrogen-bond acceptors (Lipinski definition) is 4. The number of amides is 2. The van der Waals surface area contributed by atoms with Gasteiger partial charge in [0.25, 0.3) is 0 Å². The normalized spacial score (nSPS) is 9.96. The van der Waals surface area contributed by atoms with Crippen LogP contribution in [0, 0.1) is 25.2 Å². The first-order valence-corrected chi connectivity index (χ1v) is 7.36. The van der Waals surface area contributed by atoms with Crippen LogP contribution in [0.1, 0.15) is 23.4 Å². The molecule has 0 aliphatic rings. The number of aryl methyl sites for hydroxylation is 2. The number of nitrogens with zero attached hydrogens (tertiary/aromatic N) is 4. The number of nitrogens with one attached hydrogen (secondary N) is 1. The standard InChI is InChI=1S/C17H19N5O/c1-13-10-14(2)20-16(11-13)21-17(23)22(9-5-7-18)12-15-6-3-4-8-19-15/h3-4,6,8,10-11H,5,9,12H2,1-2H3,(H,20,21,23). The quantitative estimate of drug-likeness (QED) is 0.920. The zero-order chi connectivity index (χ0) is 16.7. The first-order chi connectivity index (χ1) is 11.1. The Bertz CT molecular complexity index is 688. The van der Waals surface area contributed by atoms with E-state index in [2.05, 4.69) is 21.4 Å². The van der Waals surface area contributed by atoms with E-state index in [1.54, 1.807) is 11.1 Å². The molecule has 0 aliphatic carbocycles. The van der Waals surface area contributed by atoms with Gasteiger partial charge in [0.1, 0.15) is 5.82 Å². The topological polar surface area (TPSA) is 81.9 Å². The number of rotatable bonds is 5. The van der Waals surface area contributed by atoms with Crippen LogP contribution in [-0.4, -0.2) is 27.4 Å². The van der Waals surface area contributed by atoms with Crippen molar-refractivity contribution in [3.8, 4) is 6.07 Å². The van der Waals surface area contributed by atoms with Crippen LogP contribution in [0.2, 0.25) is 0 Å². The zero-order valence-corrected chi connectivity index (χ0v) is 13.3. The first-order valence-electron chi connectivity index (χ1n) is 7.36. The van der Waals surface area contributed by atoms with Gasteiger partial charge in [0, 0.05) is 18.4 Å².